The van der Waals surface area contributed by atoms with Crippen LogP contribution >= 0.6 is 0 Å². The Morgan fingerprint density at radius 1 is 1.35 bits per heavy atom. The van der Waals surface area contributed by atoms with Crippen molar-refractivity contribution in [2.75, 3.05) is 12.3 Å². The van der Waals surface area contributed by atoms with E-state index in [-0.39, 0.29) is 18.2 Å². The van der Waals surface area contributed by atoms with E-state index >= 15 is 0 Å². The Morgan fingerprint density at radius 3 is 2.70 bits per heavy atom. The molecule has 1 aromatic rings. The quantitative estimate of drug-likeness (QED) is 0.667. The SMILES string of the molecule is Cc1ccc(N)c(C(=O)NCCC(C)CCC(=O)O)c1. The fraction of sp³-hybridized carbons (Fsp3) is 0.467. The van der Waals surface area contributed by atoms with Gasteiger partial charge in [0.2, 0.25) is 0 Å². The molecule has 1 amide bonds. The highest BCUT2D eigenvalue weighted by atomic mass is 16.4. The first-order chi connectivity index (χ1) is 9.40. The summed E-state index contributed by atoms with van der Waals surface area (Å²) >= 11 is 0. The third-order valence-corrected chi connectivity index (χ3v) is 3.23. The van der Waals surface area contributed by atoms with Gasteiger partial charge in [-0.2, -0.15) is 0 Å². The van der Waals surface area contributed by atoms with Crippen molar-refractivity contribution in [3.63, 3.8) is 0 Å². The molecular weight excluding hydrogens is 256 g/mol. The van der Waals surface area contributed by atoms with Gasteiger partial charge in [-0.15, -0.1) is 0 Å². The Labute approximate surface area is 119 Å². The molecule has 5 heteroatoms. The molecule has 0 fully saturated rings. The summed E-state index contributed by atoms with van der Waals surface area (Å²) in [7, 11) is 0. The van der Waals surface area contributed by atoms with Crippen LogP contribution in [0.3, 0.4) is 0 Å². The lowest BCUT2D eigenvalue weighted by molar-refractivity contribution is -0.137. The van der Waals surface area contributed by atoms with Gasteiger partial charge >= 0.3 is 5.97 Å². The maximum atomic E-state index is 12.0. The van der Waals surface area contributed by atoms with Crippen molar-refractivity contribution in [1.29, 1.82) is 0 Å². The molecule has 1 unspecified atom stereocenters. The monoisotopic (exact) mass is 278 g/mol. The highest BCUT2D eigenvalue weighted by molar-refractivity contribution is 5.99. The molecule has 0 bridgehead atoms. The van der Waals surface area contributed by atoms with Crippen LogP contribution in [0.25, 0.3) is 0 Å². The minimum absolute atomic E-state index is 0.167. The van der Waals surface area contributed by atoms with E-state index in [4.69, 9.17) is 10.8 Å². The first-order valence-electron chi connectivity index (χ1n) is 6.76. The zero-order valence-electron chi connectivity index (χ0n) is 12.0. The molecule has 1 rings (SSSR count). The number of nitrogens with two attached hydrogens (primary N) is 1. The van der Waals surface area contributed by atoms with Crippen molar-refractivity contribution < 1.29 is 14.7 Å². The summed E-state index contributed by atoms with van der Waals surface area (Å²) in [6.45, 7) is 4.41. The molecule has 110 valence electrons. The second kappa shape index (κ2) is 7.53. The molecule has 0 spiro atoms. The van der Waals surface area contributed by atoms with Crippen molar-refractivity contribution in [1.82, 2.24) is 5.32 Å². The number of carbonyl (C=O) groups excluding carboxylic acids is 1. The van der Waals surface area contributed by atoms with Crippen LogP contribution in [-0.4, -0.2) is 23.5 Å². The molecule has 1 aromatic carbocycles. The molecule has 0 heterocycles. The van der Waals surface area contributed by atoms with Crippen LogP contribution in [0.2, 0.25) is 0 Å². The molecule has 0 radical (unpaired) electrons. The van der Waals surface area contributed by atoms with Gasteiger partial charge in [-0.1, -0.05) is 18.6 Å². The summed E-state index contributed by atoms with van der Waals surface area (Å²) in [5, 5.41) is 11.4. The molecule has 0 aliphatic rings. The van der Waals surface area contributed by atoms with Crippen LogP contribution in [0, 0.1) is 12.8 Å². The van der Waals surface area contributed by atoms with Crippen LogP contribution < -0.4 is 11.1 Å². The van der Waals surface area contributed by atoms with E-state index in [1.165, 1.54) is 0 Å². The largest absolute Gasteiger partial charge is 0.481 e. The summed E-state index contributed by atoms with van der Waals surface area (Å²) in [4.78, 5) is 22.4. The van der Waals surface area contributed by atoms with E-state index < -0.39 is 5.97 Å². The lowest BCUT2D eigenvalue weighted by atomic mass is 10.0. The van der Waals surface area contributed by atoms with Gasteiger partial charge in [0, 0.05) is 18.7 Å². The molecule has 5 nitrogen and oxygen atoms in total. The van der Waals surface area contributed by atoms with Gasteiger partial charge in [-0.25, -0.2) is 0 Å². The summed E-state index contributed by atoms with van der Waals surface area (Å²) in [5.74, 6) is -0.702. The number of carboxylic acid groups (broad SMARTS) is 1. The maximum Gasteiger partial charge on any atom is 0.303 e. The van der Waals surface area contributed by atoms with E-state index in [0.29, 0.717) is 24.2 Å². The van der Waals surface area contributed by atoms with Gasteiger partial charge in [0.1, 0.15) is 0 Å². The fourth-order valence-corrected chi connectivity index (χ4v) is 1.91. The van der Waals surface area contributed by atoms with Crippen LogP contribution in [-0.2, 0) is 4.79 Å². The summed E-state index contributed by atoms with van der Waals surface area (Å²) < 4.78 is 0. The number of hydrogen-bond acceptors (Lipinski definition) is 3. The first kappa shape index (κ1) is 16.0. The highest BCUT2D eigenvalue weighted by Crippen LogP contribution is 2.14. The maximum absolute atomic E-state index is 12.0. The standard InChI is InChI=1S/C15H22N2O3/c1-10(4-6-14(18)19)7-8-17-15(20)12-9-11(2)3-5-13(12)16/h3,5,9-10H,4,6-8,16H2,1-2H3,(H,17,20)(H,18,19). The number of rotatable bonds is 7. The van der Waals surface area contributed by atoms with E-state index in [2.05, 4.69) is 5.32 Å². The van der Waals surface area contributed by atoms with E-state index in [1.54, 1.807) is 12.1 Å². The van der Waals surface area contributed by atoms with Gasteiger partial charge in [-0.05, 0) is 37.8 Å². The van der Waals surface area contributed by atoms with E-state index in [9.17, 15) is 9.59 Å². The molecule has 0 saturated heterocycles. The number of nitrogen functional groups attached to an aromatic ring is 1. The van der Waals surface area contributed by atoms with Gasteiger partial charge in [0.25, 0.3) is 5.91 Å². The number of benzene rings is 1. The van der Waals surface area contributed by atoms with Gasteiger partial charge < -0.3 is 16.2 Å². The average Bonchev–Trinajstić information content (AvgIpc) is 2.39. The molecular formula is C15H22N2O3. The number of carboxylic acids is 1. The number of anilines is 1. The van der Waals surface area contributed by atoms with Crippen LogP contribution in [0.1, 0.15) is 42.1 Å². The van der Waals surface area contributed by atoms with Crippen LogP contribution in [0.15, 0.2) is 18.2 Å². The minimum atomic E-state index is -0.784. The third-order valence-electron chi connectivity index (χ3n) is 3.23. The number of nitrogens with one attached hydrogen (secondary N) is 1. The van der Waals surface area contributed by atoms with Crippen LogP contribution in [0.5, 0.6) is 0 Å². The van der Waals surface area contributed by atoms with Gasteiger partial charge in [0.15, 0.2) is 0 Å². The molecule has 20 heavy (non-hydrogen) atoms. The average molecular weight is 278 g/mol. The van der Waals surface area contributed by atoms with Crippen LogP contribution in [0.4, 0.5) is 5.69 Å². The Bertz CT molecular complexity index is 486. The fourth-order valence-electron chi connectivity index (χ4n) is 1.91. The molecule has 0 aliphatic heterocycles. The summed E-state index contributed by atoms with van der Waals surface area (Å²) in [6.07, 6.45) is 1.54. The number of aryl methyl sites for hydroxylation is 1. The van der Waals surface area contributed by atoms with Gasteiger partial charge in [-0.3, -0.25) is 9.59 Å². The first-order valence-corrected chi connectivity index (χ1v) is 6.76. The Balaban J connectivity index is 2.40. The lowest BCUT2D eigenvalue weighted by Gasteiger charge is -2.12. The Hall–Kier alpha value is -2.04. The summed E-state index contributed by atoms with van der Waals surface area (Å²) in [5.41, 5.74) is 7.72. The van der Waals surface area contributed by atoms with E-state index in [1.807, 2.05) is 19.9 Å². The van der Waals surface area contributed by atoms with Crippen molar-refractivity contribution >= 4 is 17.6 Å². The van der Waals surface area contributed by atoms with Crippen molar-refractivity contribution in [2.45, 2.75) is 33.1 Å². The second-order valence-electron chi connectivity index (χ2n) is 5.17. The molecule has 0 saturated carbocycles. The smallest absolute Gasteiger partial charge is 0.303 e. The normalized spacial score (nSPS) is 11.9. The zero-order chi connectivity index (χ0) is 15.1. The molecule has 1 atom stereocenters. The molecule has 4 N–H and O–H groups in total. The minimum Gasteiger partial charge on any atom is -0.481 e. The number of aliphatic carboxylic acids is 1. The Kier molecular flexibility index (Phi) is 6.03. The number of carbonyl (C=O) groups is 2. The summed E-state index contributed by atoms with van der Waals surface area (Å²) in [6, 6.07) is 5.35. The third kappa shape index (κ3) is 5.30. The zero-order valence-corrected chi connectivity index (χ0v) is 12.0. The topological polar surface area (TPSA) is 92.4 Å². The van der Waals surface area contributed by atoms with Crippen molar-refractivity contribution in [2.24, 2.45) is 5.92 Å². The Morgan fingerprint density at radius 2 is 2.05 bits per heavy atom. The number of amides is 1. The predicted molar refractivity (Wildman–Crippen MR) is 78.6 cm³/mol. The highest BCUT2D eigenvalue weighted by Gasteiger charge is 2.10. The number of hydrogen-bond donors (Lipinski definition) is 3. The molecule has 0 aromatic heterocycles. The van der Waals surface area contributed by atoms with Crippen molar-refractivity contribution in [3.05, 3.63) is 29.3 Å². The lowest BCUT2D eigenvalue weighted by Crippen LogP contribution is -2.26. The van der Waals surface area contributed by atoms with Crippen molar-refractivity contribution in [3.8, 4) is 0 Å². The van der Waals surface area contributed by atoms with E-state index in [0.717, 1.165) is 12.0 Å². The van der Waals surface area contributed by atoms with Gasteiger partial charge in [0.05, 0.1) is 5.56 Å². The predicted octanol–water partition coefficient (Wildman–Crippen LogP) is 2.20. The molecule has 0 aliphatic carbocycles. The second-order valence-corrected chi connectivity index (χ2v) is 5.17.